The van der Waals surface area contributed by atoms with E-state index in [1.54, 1.807) is 6.92 Å². The summed E-state index contributed by atoms with van der Waals surface area (Å²) in [6.45, 7) is 9.24. The second kappa shape index (κ2) is 13.4. The SMILES string of the molecule is C=C(C)C(=O)OCC(C)(C)COC(=O)CCCCCCCCCC(=O)O. The zero-order chi connectivity index (χ0) is 20.0. The summed E-state index contributed by atoms with van der Waals surface area (Å²) in [6.07, 6.45) is 7.22. The Morgan fingerprint density at radius 2 is 1.31 bits per heavy atom. The summed E-state index contributed by atoms with van der Waals surface area (Å²) >= 11 is 0. The third-order valence-electron chi connectivity index (χ3n) is 3.84. The highest BCUT2D eigenvalue weighted by Gasteiger charge is 2.22. The van der Waals surface area contributed by atoms with Crippen molar-refractivity contribution in [1.29, 1.82) is 0 Å². The van der Waals surface area contributed by atoms with Crippen LogP contribution in [0.1, 0.15) is 78.6 Å². The number of carbonyl (C=O) groups excluding carboxylic acids is 2. The van der Waals surface area contributed by atoms with Crippen LogP contribution < -0.4 is 0 Å². The third kappa shape index (κ3) is 14.5. The topological polar surface area (TPSA) is 89.9 Å². The molecule has 1 N–H and O–H groups in total. The molecule has 150 valence electrons. The number of carbonyl (C=O) groups is 3. The van der Waals surface area contributed by atoms with E-state index in [0.29, 0.717) is 12.0 Å². The smallest absolute Gasteiger partial charge is 0.333 e. The molecule has 0 aliphatic rings. The van der Waals surface area contributed by atoms with Crippen molar-refractivity contribution >= 4 is 17.9 Å². The lowest BCUT2D eigenvalue weighted by Crippen LogP contribution is -2.28. The van der Waals surface area contributed by atoms with Crippen molar-refractivity contribution in [3.63, 3.8) is 0 Å². The van der Waals surface area contributed by atoms with Gasteiger partial charge >= 0.3 is 17.9 Å². The average Bonchev–Trinajstić information content (AvgIpc) is 2.56. The van der Waals surface area contributed by atoms with Crippen molar-refractivity contribution in [2.45, 2.75) is 78.6 Å². The number of ether oxygens (including phenoxy) is 2. The summed E-state index contributed by atoms with van der Waals surface area (Å²) < 4.78 is 10.4. The number of rotatable bonds is 15. The Hall–Kier alpha value is -1.85. The van der Waals surface area contributed by atoms with E-state index in [-0.39, 0.29) is 25.6 Å². The van der Waals surface area contributed by atoms with Gasteiger partial charge in [0, 0.05) is 23.8 Å². The normalized spacial score (nSPS) is 11.0. The van der Waals surface area contributed by atoms with Crippen molar-refractivity contribution in [2.75, 3.05) is 13.2 Å². The van der Waals surface area contributed by atoms with Crippen LogP contribution in [0.5, 0.6) is 0 Å². The van der Waals surface area contributed by atoms with Crippen LogP contribution in [0.4, 0.5) is 0 Å². The highest BCUT2D eigenvalue weighted by atomic mass is 16.5. The van der Waals surface area contributed by atoms with Gasteiger partial charge in [-0.3, -0.25) is 9.59 Å². The van der Waals surface area contributed by atoms with Crippen LogP contribution in [0.3, 0.4) is 0 Å². The lowest BCUT2D eigenvalue weighted by Gasteiger charge is -2.23. The Morgan fingerprint density at radius 3 is 1.81 bits per heavy atom. The Morgan fingerprint density at radius 1 is 0.846 bits per heavy atom. The van der Waals surface area contributed by atoms with Gasteiger partial charge in [0.15, 0.2) is 0 Å². The fraction of sp³-hybridized carbons (Fsp3) is 0.750. The molecule has 0 heterocycles. The van der Waals surface area contributed by atoms with E-state index >= 15 is 0 Å². The fourth-order valence-corrected chi connectivity index (χ4v) is 2.20. The zero-order valence-electron chi connectivity index (χ0n) is 16.5. The number of aliphatic carboxylic acids is 1. The Kier molecular flexibility index (Phi) is 12.4. The predicted octanol–water partition coefficient (Wildman–Crippen LogP) is 4.27. The van der Waals surface area contributed by atoms with Gasteiger partial charge < -0.3 is 14.6 Å². The number of hydrogen-bond acceptors (Lipinski definition) is 5. The molecule has 0 aromatic heterocycles. The monoisotopic (exact) mass is 370 g/mol. The van der Waals surface area contributed by atoms with Crippen molar-refractivity contribution < 1.29 is 29.0 Å². The van der Waals surface area contributed by atoms with Gasteiger partial charge in [-0.1, -0.05) is 52.5 Å². The van der Waals surface area contributed by atoms with Gasteiger partial charge in [-0.25, -0.2) is 4.79 Å². The molecule has 0 aromatic rings. The van der Waals surface area contributed by atoms with Crippen molar-refractivity contribution in [1.82, 2.24) is 0 Å². The molecule has 6 heteroatoms. The summed E-state index contributed by atoms with van der Waals surface area (Å²) in [5, 5.41) is 8.54. The van der Waals surface area contributed by atoms with Crippen LogP contribution >= 0.6 is 0 Å². The molecule has 0 saturated carbocycles. The molecule has 0 aliphatic carbocycles. The first kappa shape index (κ1) is 24.1. The largest absolute Gasteiger partial charge is 0.481 e. The van der Waals surface area contributed by atoms with Gasteiger partial charge in [0.1, 0.15) is 0 Å². The third-order valence-corrected chi connectivity index (χ3v) is 3.84. The number of esters is 2. The number of unbranched alkanes of at least 4 members (excludes halogenated alkanes) is 6. The van der Waals surface area contributed by atoms with Gasteiger partial charge in [-0.05, 0) is 19.8 Å². The van der Waals surface area contributed by atoms with Gasteiger partial charge in [-0.2, -0.15) is 0 Å². The molecule has 0 atom stereocenters. The van der Waals surface area contributed by atoms with Crippen LogP contribution in [-0.2, 0) is 23.9 Å². The molecule has 0 radical (unpaired) electrons. The summed E-state index contributed by atoms with van der Waals surface area (Å²) in [6, 6.07) is 0. The molecule has 0 unspecified atom stereocenters. The van der Waals surface area contributed by atoms with E-state index in [1.165, 1.54) is 0 Å². The summed E-state index contributed by atoms with van der Waals surface area (Å²) in [5.41, 5.74) is -0.0869. The molecule has 0 fully saturated rings. The summed E-state index contributed by atoms with van der Waals surface area (Å²) in [5.74, 6) is -1.40. The molecule has 0 rings (SSSR count). The first-order chi connectivity index (χ1) is 12.1. The van der Waals surface area contributed by atoms with Crippen LogP contribution in [0.25, 0.3) is 0 Å². The molecule has 0 aliphatic heterocycles. The van der Waals surface area contributed by atoms with E-state index < -0.39 is 17.4 Å². The maximum atomic E-state index is 11.8. The number of carboxylic acids is 1. The first-order valence-corrected chi connectivity index (χ1v) is 9.34. The van der Waals surface area contributed by atoms with Crippen LogP contribution in [0, 0.1) is 5.41 Å². The van der Waals surface area contributed by atoms with Gasteiger partial charge in [0.2, 0.25) is 0 Å². The van der Waals surface area contributed by atoms with Crippen molar-refractivity contribution in [2.24, 2.45) is 5.41 Å². The summed E-state index contributed by atoms with van der Waals surface area (Å²) in [7, 11) is 0. The van der Waals surface area contributed by atoms with Gasteiger partial charge in [0.05, 0.1) is 13.2 Å². The van der Waals surface area contributed by atoms with Gasteiger partial charge in [0.25, 0.3) is 0 Å². The predicted molar refractivity (Wildman–Crippen MR) is 99.7 cm³/mol. The second-order valence-corrected chi connectivity index (χ2v) is 7.55. The maximum Gasteiger partial charge on any atom is 0.333 e. The fourth-order valence-electron chi connectivity index (χ4n) is 2.20. The summed E-state index contributed by atoms with van der Waals surface area (Å²) in [4.78, 5) is 33.5. The van der Waals surface area contributed by atoms with E-state index in [9.17, 15) is 14.4 Å². The number of hydrogen-bond donors (Lipinski definition) is 1. The molecule has 0 saturated heterocycles. The average molecular weight is 370 g/mol. The lowest BCUT2D eigenvalue weighted by atomic mass is 9.96. The molecule has 6 nitrogen and oxygen atoms in total. The molecule has 26 heavy (non-hydrogen) atoms. The molecule has 0 amide bonds. The molecule has 0 aromatic carbocycles. The molecule has 0 bridgehead atoms. The van der Waals surface area contributed by atoms with Crippen molar-refractivity contribution in [3.8, 4) is 0 Å². The van der Waals surface area contributed by atoms with E-state index in [4.69, 9.17) is 14.6 Å². The zero-order valence-corrected chi connectivity index (χ0v) is 16.5. The van der Waals surface area contributed by atoms with Crippen LogP contribution in [0.15, 0.2) is 12.2 Å². The minimum absolute atomic E-state index is 0.174. The Balaban J connectivity index is 3.65. The second-order valence-electron chi connectivity index (χ2n) is 7.55. The molecular weight excluding hydrogens is 336 g/mol. The quantitative estimate of drug-likeness (QED) is 0.263. The molecular formula is C20H34O6. The minimum atomic E-state index is -0.735. The Bertz CT molecular complexity index is 467. The standard InChI is InChI=1S/C20H34O6/c1-16(2)19(24)26-15-20(3,4)14-25-18(23)13-11-9-7-5-6-8-10-12-17(21)22/h1,5-15H2,2-4H3,(H,21,22). The highest BCUT2D eigenvalue weighted by molar-refractivity contribution is 5.86. The molecule has 0 spiro atoms. The van der Waals surface area contributed by atoms with E-state index in [2.05, 4.69) is 6.58 Å². The van der Waals surface area contributed by atoms with Gasteiger partial charge in [-0.15, -0.1) is 0 Å². The highest BCUT2D eigenvalue weighted by Crippen LogP contribution is 2.17. The minimum Gasteiger partial charge on any atom is -0.481 e. The van der Waals surface area contributed by atoms with Crippen LogP contribution in [0.2, 0.25) is 0 Å². The lowest BCUT2D eigenvalue weighted by molar-refractivity contribution is -0.150. The number of carboxylic acid groups (broad SMARTS) is 1. The Labute approximate surface area is 156 Å². The van der Waals surface area contributed by atoms with E-state index in [0.717, 1.165) is 44.9 Å². The maximum absolute atomic E-state index is 11.8. The first-order valence-electron chi connectivity index (χ1n) is 9.34. The van der Waals surface area contributed by atoms with E-state index in [1.807, 2.05) is 13.8 Å². The van der Waals surface area contributed by atoms with Crippen molar-refractivity contribution in [3.05, 3.63) is 12.2 Å². The van der Waals surface area contributed by atoms with Crippen LogP contribution in [-0.4, -0.2) is 36.2 Å².